The van der Waals surface area contributed by atoms with Crippen LogP contribution in [0.15, 0.2) is 5.38 Å². The average Bonchev–Trinajstić information content (AvgIpc) is 2.58. The van der Waals surface area contributed by atoms with Crippen LogP contribution >= 0.6 is 11.5 Å². The van der Waals surface area contributed by atoms with Gasteiger partial charge in [-0.2, -0.15) is 5.26 Å². The summed E-state index contributed by atoms with van der Waals surface area (Å²) in [6.07, 6.45) is 1.91. The SMILES string of the molecule is N#CC1(c2csnn2)CC1. The number of nitriles is 1. The van der Waals surface area contributed by atoms with Gasteiger partial charge in [0.05, 0.1) is 11.8 Å². The Hall–Kier alpha value is -0.950. The summed E-state index contributed by atoms with van der Waals surface area (Å²) in [6.45, 7) is 0. The fourth-order valence-electron chi connectivity index (χ4n) is 0.923. The second-order valence-electron chi connectivity index (χ2n) is 2.48. The molecule has 1 aliphatic rings. The predicted molar refractivity (Wildman–Crippen MR) is 36.4 cm³/mol. The van der Waals surface area contributed by atoms with Crippen molar-refractivity contribution in [1.82, 2.24) is 9.59 Å². The summed E-state index contributed by atoms with van der Waals surface area (Å²) in [6, 6.07) is 2.26. The maximum Gasteiger partial charge on any atom is 0.102 e. The first-order valence-corrected chi connectivity index (χ1v) is 3.90. The van der Waals surface area contributed by atoms with Gasteiger partial charge in [0, 0.05) is 5.38 Å². The molecule has 0 radical (unpaired) electrons. The number of nitrogens with zero attached hydrogens (tertiary/aromatic N) is 3. The topological polar surface area (TPSA) is 49.6 Å². The summed E-state index contributed by atoms with van der Waals surface area (Å²) in [7, 11) is 0. The van der Waals surface area contributed by atoms with E-state index in [-0.39, 0.29) is 5.41 Å². The fraction of sp³-hybridized carbons (Fsp3) is 0.500. The third kappa shape index (κ3) is 0.642. The van der Waals surface area contributed by atoms with Gasteiger partial charge < -0.3 is 0 Å². The van der Waals surface area contributed by atoms with E-state index in [1.807, 2.05) is 5.38 Å². The van der Waals surface area contributed by atoms with Gasteiger partial charge in [-0.15, -0.1) is 5.10 Å². The average molecular weight is 151 g/mol. The fourth-order valence-corrected chi connectivity index (χ4v) is 1.48. The zero-order valence-electron chi connectivity index (χ0n) is 5.24. The van der Waals surface area contributed by atoms with Gasteiger partial charge in [-0.1, -0.05) is 4.49 Å². The van der Waals surface area contributed by atoms with Crippen LogP contribution in [0.4, 0.5) is 0 Å². The largest absolute Gasteiger partial charge is 0.197 e. The molecule has 1 fully saturated rings. The first-order valence-electron chi connectivity index (χ1n) is 3.06. The molecule has 1 aliphatic carbocycles. The van der Waals surface area contributed by atoms with Crippen molar-refractivity contribution in [3.05, 3.63) is 11.1 Å². The summed E-state index contributed by atoms with van der Waals surface area (Å²) in [5.41, 5.74) is 0.618. The van der Waals surface area contributed by atoms with E-state index in [2.05, 4.69) is 15.7 Å². The quantitative estimate of drug-likeness (QED) is 0.603. The number of hydrogen-bond acceptors (Lipinski definition) is 4. The highest BCUT2D eigenvalue weighted by Gasteiger charge is 2.47. The van der Waals surface area contributed by atoms with Crippen LogP contribution in [0.1, 0.15) is 18.5 Å². The molecule has 0 bridgehead atoms. The van der Waals surface area contributed by atoms with Crippen molar-refractivity contribution in [2.45, 2.75) is 18.3 Å². The molecule has 1 heterocycles. The Balaban J connectivity index is 2.38. The second kappa shape index (κ2) is 1.77. The maximum absolute atomic E-state index is 8.72. The zero-order chi connectivity index (χ0) is 7.03. The van der Waals surface area contributed by atoms with E-state index >= 15 is 0 Å². The van der Waals surface area contributed by atoms with Crippen molar-refractivity contribution in [3.63, 3.8) is 0 Å². The van der Waals surface area contributed by atoms with E-state index in [0.717, 1.165) is 18.5 Å². The third-order valence-corrected chi connectivity index (χ3v) is 2.32. The minimum Gasteiger partial charge on any atom is -0.197 e. The molecular formula is C6H5N3S. The Morgan fingerprint density at radius 3 is 2.90 bits per heavy atom. The molecule has 1 saturated carbocycles. The Morgan fingerprint density at radius 1 is 1.70 bits per heavy atom. The lowest BCUT2D eigenvalue weighted by Crippen LogP contribution is -2.02. The van der Waals surface area contributed by atoms with E-state index in [9.17, 15) is 0 Å². The minimum absolute atomic E-state index is 0.243. The van der Waals surface area contributed by atoms with Crippen molar-refractivity contribution in [2.75, 3.05) is 0 Å². The van der Waals surface area contributed by atoms with Gasteiger partial charge >= 0.3 is 0 Å². The van der Waals surface area contributed by atoms with Crippen LogP contribution in [-0.4, -0.2) is 9.59 Å². The molecule has 0 N–H and O–H groups in total. The van der Waals surface area contributed by atoms with Gasteiger partial charge in [0.2, 0.25) is 0 Å². The van der Waals surface area contributed by atoms with E-state index in [0.29, 0.717) is 0 Å². The van der Waals surface area contributed by atoms with Crippen LogP contribution in [-0.2, 0) is 5.41 Å². The Morgan fingerprint density at radius 2 is 2.50 bits per heavy atom. The Labute approximate surface area is 62.5 Å². The van der Waals surface area contributed by atoms with E-state index in [1.54, 1.807) is 0 Å². The highest BCUT2D eigenvalue weighted by atomic mass is 32.1. The van der Waals surface area contributed by atoms with Crippen LogP contribution in [0, 0.1) is 11.3 Å². The lowest BCUT2D eigenvalue weighted by Gasteiger charge is -1.94. The molecule has 0 spiro atoms. The third-order valence-electron chi connectivity index (χ3n) is 1.81. The normalized spacial score (nSPS) is 19.9. The van der Waals surface area contributed by atoms with Crippen LogP contribution < -0.4 is 0 Å². The van der Waals surface area contributed by atoms with Crippen LogP contribution in [0.2, 0.25) is 0 Å². The van der Waals surface area contributed by atoms with Crippen molar-refractivity contribution in [1.29, 1.82) is 5.26 Å². The molecule has 0 aliphatic heterocycles. The predicted octanol–water partition coefficient (Wildman–Crippen LogP) is 1.09. The van der Waals surface area contributed by atoms with Crippen LogP contribution in [0.5, 0.6) is 0 Å². The van der Waals surface area contributed by atoms with E-state index in [1.165, 1.54) is 11.5 Å². The van der Waals surface area contributed by atoms with Crippen LogP contribution in [0.25, 0.3) is 0 Å². The molecule has 50 valence electrons. The zero-order valence-corrected chi connectivity index (χ0v) is 6.06. The lowest BCUT2D eigenvalue weighted by molar-refractivity contribution is 0.840. The lowest BCUT2D eigenvalue weighted by atomic mass is 10.1. The van der Waals surface area contributed by atoms with E-state index in [4.69, 9.17) is 5.26 Å². The number of hydrogen-bond donors (Lipinski definition) is 0. The van der Waals surface area contributed by atoms with Crippen molar-refractivity contribution in [3.8, 4) is 6.07 Å². The Bertz CT molecular complexity index is 268. The monoisotopic (exact) mass is 151 g/mol. The molecule has 4 heteroatoms. The first-order chi connectivity index (χ1) is 4.87. The molecule has 1 aromatic heterocycles. The van der Waals surface area contributed by atoms with Crippen LogP contribution in [0.3, 0.4) is 0 Å². The van der Waals surface area contributed by atoms with Gasteiger partial charge in [-0.25, -0.2) is 0 Å². The highest BCUT2D eigenvalue weighted by molar-refractivity contribution is 7.03. The van der Waals surface area contributed by atoms with E-state index < -0.39 is 0 Å². The molecule has 0 atom stereocenters. The highest BCUT2D eigenvalue weighted by Crippen LogP contribution is 2.46. The second-order valence-corrected chi connectivity index (χ2v) is 3.09. The first kappa shape index (κ1) is 5.81. The molecule has 0 unspecified atom stereocenters. The standard InChI is InChI=1S/C6H5N3S/c7-4-6(1-2-6)5-3-10-9-8-5/h3H,1-2H2. The number of rotatable bonds is 1. The molecule has 10 heavy (non-hydrogen) atoms. The molecule has 1 aromatic rings. The molecule has 3 nitrogen and oxygen atoms in total. The van der Waals surface area contributed by atoms with Crippen molar-refractivity contribution in [2.24, 2.45) is 0 Å². The Kier molecular flexibility index (Phi) is 1.03. The summed E-state index contributed by atoms with van der Waals surface area (Å²) < 4.78 is 3.72. The van der Waals surface area contributed by atoms with Gasteiger partial charge in [-0.05, 0) is 24.4 Å². The van der Waals surface area contributed by atoms with Crippen molar-refractivity contribution >= 4 is 11.5 Å². The van der Waals surface area contributed by atoms with Crippen molar-refractivity contribution < 1.29 is 0 Å². The molecule has 0 aromatic carbocycles. The maximum atomic E-state index is 8.72. The summed E-state index contributed by atoms with van der Waals surface area (Å²) in [4.78, 5) is 0. The molecule has 0 amide bonds. The number of aromatic nitrogens is 2. The molecular weight excluding hydrogens is 146 g/mol. The summed E-state index contributed by atoms with van der Waals surface area (Å²) >= 11 is 1.31. The molecule has 2 rings (SSSR count). The smallest absolute Gasteiger partial charge is 0.102 e. The minimum atomic E-state index is -0.243. The summed E-state index contributed by atoms with van der Waals surface area (Å²) in [5.74, 6) is 0. The summed E-state index contributed by atoms with van der Waals surface area (Å²) in [5, 5.41) is 14.4. The van der Waals surface area contributed by atoms with Gasteiger partial charge in [0.25, 0.3) is 0 Å². The molecule has 0 saturated heterocycles. The van der Waals surface area contributed by atoms with Gasteiger partial charge in [0.1, 0.15) is 5.41 Å². The van der Waals surface area contributed by atoms with Gasteiger partial charge in [0.15, 0.2) is 0 Å². The van der Waals surface area contributed by atoms with Gasteiger partial charge in [-0.3, -0.25) is 0 Å².